The number of benzene rings is 3. The van der Waals surface area contributed by atoms with Crippen molar-refractivity contribution in [3.63, 3.8) is 0 Å². The molecule has 0 saturated carbocycles. The number of para-hydroxylation sites is 2. The summed E-state index contributed by atoms with van der Waals surface area (Å²) < 4.78 is 9.76. The van der Waals surface area contributed by atoms with Crippen LogP contribution in [0.1, 0.15) is 0 Å². The van der Waals surface area contributed by atoms with Gasteiger partial charge >= 0.3 is 5.97 Å². The maximum Gasteiger partial charge on any atom is 0.325 e. The first-order valence-electron chi connectivity index (χ1n) is 9.47. The van der Waals surface area contributed by atoms with Crippen molar-refractivity contribution in [1.29, 1.82) is 0 Å². The van der Waals surface area contributed by atoms with Crippen molar-refractivity contribution < 1.29 is 14.6 Å². The highest BCUT2D eigenvalue weighted by Crippen LogP contribution is 2.28. The Morgan fingerprint density at radius 1 is 0.931 bits per heavy atom. The molecule has 5 rings (SSSR count). The van der Waals surface area contributed by atoms with Crippen molar-refractivity contribution >= 4 is 38.7 Å². The molecular formula is C23H19N3O3. The van der Waals surface area contributed by atoms with Gasteiger partial charge in [0.2, 0.25) is 0 Å². The van der Waals surface area contributed by atoms with E-state index in [1.54, 1.807) is 6.20 Å². The molecule has 5 aromatic rings. The number of hydrogen-bond donors (Lipinski definition) is 1. The number of aromatic nitrogens is 3. The highest BCUT2D eigenvalue weighted by atomic mass is 16.5. The summed E-state index contributed by atoms with van der Waals surface area (Å²) in [6.45, 7) is 1.10. The Balaban J connectivity index is 1.38. The van der Waals surface area contributed by atoms with Crippen LogP contribution in [0.3, 0.4) is 0 Å². The second-order valence-corrected chi connectivity index (χ2v) is 6.95. The van der Waals surface area contributed by atoms with E-state index in [-0.39, 0.29) is 6.54 Å². The molecular weight excluding hydrogens is 366 g/mol. The predicted octanol–water partition coefficient (Wildman–Crippen LogP) is 4.31. The Kier molecular flexibility index (Phi) is 4.17. The third-order valence-electron chi connectivity index (χ3n) is 5.16. The van der Waals surface area contributed by atoms with E-state index in [0.29, 0.717) is 6.61 Å². The molecule has 2 heterocycles. The number of carboxylic acids is 1. The Morgan fingerprint density at radius 3 is 2.31 bits per heavy atom. The number of fused-ring (bicyclic) bond motifs is 4. The number of carbonyl (C=O) groups is 1. The molecule has 0 bridgehead atoms. The fourth-order valence-electron chi connectivity index (χ4n) is 3.91. The van der Waals surface area contributed by atoms with Gasteiger partial charge in [-0.15, -0.1) is 0 Å². The van der Waals surface area contributed by atoms with Crippen LogP contribution in [-0.4, -0.2) is 32.0 Å². The fraction of sp³-hybridized carbons (Fsp3) is 0.130. The predicted molar refractivity (Wildman–Crippen MR) is 112 cm³/mol. The van der Waals surface area contributed by atoms with Crippen molar-refractivity contribution in [2.75, 3.05) is 6.61 Å². The highest BCUT2D eigenvalue weighted by molar-refractivity contribution is 6.07. The minimum Gasteiger partial charge on any atom is -0.492 e. The zero-order valence-corrected chi connectivity index (χ0v) is 15.7. The van der Waals surface area contributed by atoms with E-state index in [1.807, 2.05) is 18.2 Å². The van der Waals surface area contributed by atoms with Crippen LogP contribution in [0.25, 0.3) is 32.7 Å². The van der Waals surface area contributed by atoms with Crippen molar-refractivity contribution in [3.8, 4) is 5.75 Å². The molecule has 0 amide bonds. The highest BCUT2D eigenvalue weighted by Gasteiger charge is 2.10. The Hall–Kier alpha value is -3.80. The van der Waals surface area contributed by atoms with Gasteiger partial charge < -0.3 is 14.4 Å². The number of hydrogen-bond acceptors (Lipinski definition) is 3. The Morgan fingerprint density at radius 2 is 1.62 bits per heavy atom. The van der Waals surface area contributed by atoms with Crippen LogP contribution in [-0.2, 0) is 17.9 Å². The van der Waals surface area contributed by atoms with Gasteiger partial charge in [-0.25, -0.2) is 0 Å². The van der Waals surface area contributed by atoms with Crippen molar-refractivity contribution in [2.45, 2.75) is 13.1 Å². The number of carboxylic acid groups (broad SMARTS) is 1. The molecule has 0 aliphatic carbocycles. The molecule has 0 spiro atoms. The SMILES string of the molecule is O=C(O)Cn1ncc2cc(OCCn3c4ccccc4c4ccccc43)ccc21. The lowest BCUT2D eigenvalue weighted by atomic mass is 10.2. The topological polar surface area (TPSA) is 69.3 Å². The van der Waals surface area contributed by atoms with Gasteiger partial charge in [0.15, 0.2) is 0 Å². The standard InChI is InChI=1S/C23H19N3O3/c27-23(28)15-26-20-10-9-17(13-16(20)14-24-26)29-12-11-25-21-7-3-1-5-18(21)19-6-2-4-8-22(19)25/h1-10,13-14H,11-12,15H2,(H,27,28). The minimum atomic E-state index is -0.915. The first-order valence-corrected chi connectivity index (χ1v) is 9.47. The molecule has 0 aliphatic rings. The van der Waals surface area contributed by atoms with E-state index in [9.17, 15) is 4.79 Å². The molecule has 0 atom stereocenters. The zero-order valence-electron chi connectivity index (χ0n) is 15.7. The summed E-state index contributed by atoms with van der Waals surface area (Å²) in [6, 6.07) is 22.4. The number of rotatable bonds is 6. The van der Waals surface area contributed by atoms with E-state index in [1.165, 1.54) is 26.5 Å². The maximum atomic E-state index is 10.9. The van der Waals surface area contributed by atoms with E-state index >= 15 is 0 Å². The quantitative estimate of drug-likeness (QED) is 0.473. The lowest BCUT2D eigenvalue weighted by molar-refractivity contribution is -0.137. The molecule has 0 fully saturated rings. The average molecular weight is 385 g/mol. The van der Waals surface area contributed by atoms with Gasteiger partial charge in [-0.1, -0.05) is 36.4 Å². The summed E-state index contributed by atoms with van der Waals surface area (Å²) in [7, 11) is 0. The van der Waals surface area contributed by atoms with Crippen LogP contribution in [0.15, 0.2) is 72.9 Å². The summed E-state index contributed by atoms with van der Waals surface area (Å²) in [5.74, 6) is -0.172. The van der Waals surface area contributed by atoms with Gasteiger partial charge in [0.05, 0.1) is 18.3 Å². The number of aliphatic carboxylic acids is 1. The van der Waals surface area contributed by atoms with Crippen LogP contribution in [0, 0.1) is 0 Å². The Bertz CT molecular complexity index is 1300. The van der Waals surface area contributed by atoms with E-state index < -0.39 is 5.97 Å². The molecule has 6 nitrogen and oxygen atoms in total. The first kappa shape index (κ1) is 17.3. The molecule has 144 valence electrons. The summed E-state index contributed by atoms with van der Waals surface area (Å²) in [6.07, 6.45) is 1.66. The molecule has 0 radical (unpaired) electrons. The van der Waals surface area contributed by atoms with Gasteiger partial charge in [-0.05, 0) is 30.3 Å². The van der Waals surface area contributed by atoms with E-state index in [0.717, 1.165) is 23.2 Å². The van der Waals surface area contributed by atoms with Gasteiger partial charge in [-0.3, -0.25) is 9.48 Å². The van der Waals surface area contributed by atoms with Crippen molar-refractivity contribution in [3.05, 3.63) is 72.9 Å². The third kappa shape index (κ3) is 3.08. The number of ether oxygens (including phenoxy) is 1. The first-order chi connectivity index (χ1) is 14.2. The van der Waals surface area contributed by atoms with E-state index in [2.05, 4.69) is 58.2 Å². The summed E-state index contributed by atoms with van der Waals surface area (Å²) in [4.78, 5) is 10.9. The Labute approximate surface area is 166 Å². The number of nitrogens with zero attached hydrogens (tertiary/aromatic N) is 3. The molecule has 2 aromatic heterocycles. The lowest BCUT2D eigenvalue weighted by Gasteiger charge is -2.10. The van der Waals surface area contributed by atoms with Crippen LogP contribution in [0.5, 0.6) is 5.75 Å². The van der Waals surface area contributed by atoms with Gasteiger partial charge in [-0.2, -0.15) is 5.10 Å². The molecule has 0 unspecified atom stereocenters. The molecule has 6 heteroatoms. The van der Waals surface area contributed by atoms with Gasteiger partial charge in [0, 0.05) is 27.2 Å². The average Bonchev–Trinajstić information content (AvgIpc) is 3.27. The van der Waals surface area contributed by atoms with Crippen LogP contribution in [0.2, 0.25) is 0 Å². The molecule has 1 N–H and O–H groups in total. The van der Waals surface area contributed by atoms with Gasteiger partial charge in [0.1, 0.15) is 18.9 Å². The van der Waals surface area contributed by atoms with Crippen LogP contribution >= 0.6 is 0 Å². The van der Waals surface area contributed by atoms with Gasteiger partial charge in [0.25, 0.3) is 0 Å². The van der Waals surface area contributed by atoms with Crippen molar-refractivity contribution in [2.24, 2.45) is 0 Å². The monoisotopic (exact) mass is 385 g/mol. The molecule has 0 saturated heterocycles. The molecule has 0 aliphatic heterocycles. The summed E-state index contributed by atoms with van der Waals surface area (Å²) in [5, 5.41) is 16.5. The van der Waals surface area contributed by atoms with E-state index in [4.69, 9.17) is 9.84 Å². The fourth-order valence-corrected chi connectivity index (χ4v) is 3.91. The second-order valence-electron chi connectivity index (χ2n) is 6.95. The molecule has 3 aromatic carbocycles. The zero-order chi connectivity index (χ0) is 19.8. The smallest absolute Gasteiger partial charge is 0.325 e. The largest absolute Gasteiger partial charge is 0.492 e. The maximum absolute atomic E-state index is 10.9. The lowest BCUT2D eigenvalue weighted by Crippen LogP contribution is -2.09. The summed E-state index contributed by atoms with van der Waals surface area (Å²) in [5.41, 5.74) is 3.17. The normalized spacial score (nSPS) is 11.4. The second kappa shape index (κ2) is 6.98. The molecule has 29 heavy (non-hydrogen) atoms. The van der Waals surface area contributed by atoms with Crippen molar-refractivity contribution in [1.82, 2.24) is 14.3 Å². The third-order valence-corrected chi connectivity index (χ3v) is 5.16. The minimum absolute atomic E-state index is 0.155. The van der Waals surface area contributed by atoms with Crippen LogP contribution < -0.4 is 4.74 Å². The van der Waals surface area contributed by atoms with Crippen LogP contribution in [0.4, 0.5) is 0 Å². The summed E-state index contributed by atoms with van der Waals surface area (Å²) >= 11 is 0.